The van der Waals surface area contributed by atoms with Crippen molar-refractivity contribution in [2.24, 2.45) is 0 Å². The first kappa shape index (κ1) is 15.1. The zero-order valence-electron chi connectivity index (χ0n) is 11.8. The van der Waals surface area contributed by atoms with Crippen LogP contribution < -0.4 is 4.72 Å². The second-order valence-electron chi connectivity index (χ2n) is 4.32. The number of sulfonamides is 1. The van der Waals surface area contributed by atoms with Gasteiger partial charge in [0.05, 0.1) is 12.8 Å². The van der Waals surface area contributed by atoms with Crippen LogP contribution in [0.2, 0.25) is 0 Å². The number of nitrogens with one attached hydrogen (secondary N) is 2. The Kier molecular flexibility index (Phi) is 4.03. The monoisotopic (exact) mass is 313 g/mol. The fourth-order valence-electron chi connectivity index (χ4n) is 2.00. The van der Waals surface area contributed by atoms with Crippen LogP contribution in [0.15, 0.2) is 21.9 Å². The number of anilines is 1. The van der Waals surface area contributed by atoms with Crippen LogP contribution in [0.3, 0.4) is 0 Å². The summed E-state index contributed by atoms with van der Waals surface area (Å²) in [6.07, 6.45) is 2.41. The van der Waals surface area contributed by atoms with E-state index in [1.165, 1.54) is 19.4 Å². The molecule has 0 bridgehead atoms. The third kappa shape index (κ3) is 2.92. The van der Waals surface area contributed by atoms with Gasteiger partial charge in [-0.1, -0.05) is 5.16 Å². The molecule has 0 saturated heterocycles. The molecule has 114 valence electrons. The Hall–Kier alpha value is -2.29. The first-order chi connectivity index (χ1) is 9.86. The van der Waals surface area contributed by atoms with E-state index in [9.17, 15) is 13.2 Å². The van der Waals surface area contributed by atoms with Gasteiger partial charge in [-0.25, -0.2) is 13.2 Å². The highest BCUT2D eigenvalue weighted by Gasteiger charge is 2.27. The van der Waals surface area contributed by atoms with Gasteiger partial charge >= 0.3 is 5.97 Å². The number of carbonyl (C=O) groups excluding carboxylic acids is 1. The molecule has 0 aromatic carbocycles. The molecule has 0 saturated carbocycles. The summed E-state index contributed by atoms with van der Waals surface area (Å²) >= 11 is 0. The number of hydrogen-bond acceptors (Lipinski definition) is 6. The average Bonchev–Trinajstić information content (AvgIpc) is 2.97. The van der Waals surface area contributed by atoms with Crippen molar-refractivity contribution in [3.63, 3.8) is 0 Å². The van der Waals surface area contributed by atoms with Gasteiger partial charge in [0.15, 0.2) is 0 Å². The van der Waals surface area contributed by atoms with Crippen LogP contribution in [0, 0.1) is 13.8 Å². The standard InChI is InChI=1S/C12H15N3O5S/c1-4-19-12(16)10-7(2)11(8(3)14-10)21(17,18)15-9-5-13-20-6-9/h5-6,14-15H,4H2,1-3H3. The maximum Gasteiger partial charge on any atom is 0.355 e. The minimum absolute atomic E-state index is 0.00625. The molecule has 0 aliphatic heterocycles. The molecule has 0 spiro atoms. The number of carbonyl (C=O) groups is 1. The third-order valence-corrected chi connectivity index (χ3v) is 4.46. The fourth-order valence-corrected chi connectivity index (χ4v) is 3.48. The van der Waals surface area contributed by atoms with Crippen molar-refractivity contribution in [1.82, 2.24) is 10.1 Å². The van der Waals surface area contributed by atoms with Gasteiger partial charge in [0.25, 0.3) is 10.0 Å². The van der Waals surface area contributed by atoms with Crippen molar-refractivity contribution in [1.29, 1.82) is 0 Å². The summed E-state index contributed by atoms with van der Waals surface area (Å²) in [5.74, 6) is -0.593. The van der Waals surface area contributed by atoms with Gasteiger partial charge in [0.1, 0.15) is 22.5 Å². The Bertz CT molecular complexity index is 746. The average molecular weight is 313 g/mol. The topological polar surface area (TPSA) is 114 Å². The number of esters is 1. The van der Waals surface area contributed by atoms with Crippen molar-refractivity contribution in [2.75, 3.05) is 11.3 Å². The van der Waals surface area contributed by atoms with E-state index >= 15 is 0 Å². The first-order valence-corrected chi connectivity index (χ1v) is 7.63. The largest absolute Gasteiger partial charge is 0.461 e. The summed E-state index contributed by atoms with van der Waals surface area (Å²) in [4.78, 5) is 14.5. The summed E-state index contributed by atoms with van der Waals surface area (Å²) < 4.78 is 36.5. The van der Waals surface area contributed by atoms with Crippen molar-refractivity contribution in [3.8, 4) is 0 Å². The van der Waals surface area contributed by atoms with E-state index in [0.29, 0.717) is 11.3 Å². The van der Waals surface area contributed by atoms with Gasteiger partial charge in [-0.15, -0.1) is 0 Å². The molecule has 0 radical (unpaired) electrons. The molecule has 8 nitrogen and oxygen atoms in total. The maximum absolute atomic E-state index is 12.4. The second kappa shape index (κ2) is 5.60. The second-order valence-corrected chi connectivity index (χ2v) is 5.94. The van der Waals surface area contributed by atoms with Gasteiger partial charge in [-0.2, -0.15) is 0 Å². The van der Waals surface area contributed by atoms with E-state index in [-0.39, 0.29) is 22.9 Å². The lowest BCUT2D eigenvalue weighted by Crippen LogP contribution is -2.14. The molecule has 0 aliphatic rings. The predicted octanol–water partition coefficient (Wildman–Crippen LogP) is 1.60. The van der Waals surface area contributed by atoms with Crippen LogP contribution >= 0.6 is 0 Å². The summed E-state index contributed by atoms with van der Waals surface area (Å²) in [6.45, 7) is 4.99. The molecule has 21 heavy (non-hydrogen) atoms. The van der Waals surface area contributed by atoms with Crippen LogP contribution in [0.1, 0.15) is 28.7 Å². The molecule has 2 heterocycles. The number of nitrogens with zero attached hydrogens (tertiary/aromatic N) is 1. The SMILES string of the molecule is CCOC(=O)c1[nH]c(C)c(S(=O)(=O)Nc2cnoc2)c1C. The van der Waals surface area contributed by atoms with Crippen molar-refractivity contribution in [3.05, 3.63) is 29.4 Å². The van der Waals surface area contributed by atoms with E-state index in [2.05, 4.69) is 19.4 Å². The quantitative estimate of drug-likeness (QED) is 0.810. The lowest BCUT2D eigenvalue weighted by molar-refractivity contribution is 0.0519. The molecule has 0 fully saturated rings. The number of aromatic nitrogens is 2. The zero-order valence-corrected chi connectivity index (χ0v) is 12.6. The van der Waals surface area contributed by atoms with Gasteiger partial charge in [-0.05, 0) is 20.8 Å². The Morgan fingerprint density at radius 2 is 2.19 bits per heavy atom. The highest BCUT2D eigenvalue weighted by atomic mass is 32.2. The Balaban J connectivity index is 2.42. The molecule has 2 N–H and O–H groups in total. The molecular formula is C12H15N3O5S. The van der Waals surface area contributed by atoms with Crippen molar-refractivity contribution in [2.45, 2.75) is 25.7 Å². The first-order valence-electron chi connectivity index (χ1n) is 6.15. The third-order valence-electron chi connectivity index (χ3n) is 2.80. The molecular weight excluding hydrogens is 298 g/mol. The van der Waals surface area contributed by atoms with E-state index in [0.717, 1.165) is 0 Å². The number of H-pyrrole nitrogens is 1. The highest BCUT2D eigenvalue weighted by molar-refractivity contribution is 7.92. The normalized spacial score (nSPS) is 11.4. The molecule has 2 aromatic rings. The van der Waals surface area contributed by atoms with Crippen LogP contribution in [0.4, 0.5) is 5.69 Å². The fraction of sp³-hybridized carbons (Fsp3) is 0.333. The van der Waals surface area contributed by atoms with E-state index in [1.54, 1.807) is 13.8 Å². The van der Waals surface area contributed by atoms with Gasteiger partial charge in [-0.3, -0.25) is 4.72 Å². The van der Waals surface area contributed by atoms with Crippen molar-refractivity contribution < 1.29 is 22.5 Å². The van der Waals surface area contributed by atoms with E-state index in [4.69, 9.17) is 4.74 Å². The van der Waals surface area contributed by atoms with Gasteiger partial charge in [0.2, 0.25) is 0 Å². The molecule has 0 unspecified atom stereocenters. The zero-order chi connectivity index (χ0) is 15.6. The maximum atomic E-state index is 12.4. The smallest absolute Gasteiger partial charge is 0.355 e. The minimum Gasteiger partial charge on any atom is -0.461 e. The number of hydrogen-bond donors (Lipinski definition) is 2. The number of aryl methyl sites for hydroxylation is 1. The van der Waals surface area contributed by atoms with Crippen LogP contribution in [0.5, 0.6) is 0 Å². The van der Waals surface area contributed by atoms with Gasteiger partial charge in [0, 0.05) is 11.3 Å². The summed E-state index contributed by atoms with van der Waals surface area (Å²) in [5.41, 5.74) is 0.974. The Labute approximate surface area is 121 Å². The predicted molar refractivity (Wildman–Crippen MR) is 73.5 cm³/mol. The number of rotatable bonds is 5. The Morgan fingerprint density at radius 3 is 2.76 bits per heavy atom. The van der Waals surface area contributed by atoms with Crippen LogP contribution in [-0.4, -0.2) is 31.1 Å². The minimum atomic E-state index is -3.86. The molecule has 2 aromatic heterocycles. The number of aromatic amines is 1. The molecule has 2 rings (SSSR count). The molecule has 0 aliphatic carbocycles. The number of ether oxygens (including phenoxy) is 1. The summed E-state index contributed by atoms with van der Waals surface area (Å²) in [6, 6.07) is 0. The molecule has 0 atom stereocenters. The summed E-state index contributed by atoms with van der Waals surface area (Å²) in [7, 11) is -3.86. The molecule has 9 heteroatoms. The van der Waals surface area contributed by atoms with Crippen LogP contribution in [0.25, 0.3) is 0 Å². The van der Waals surface area contributed by atoms with E-state index in [1.807, 2.05) is 0 Å². The van der Waals surface area contributed by atoms with Crippen molar-refractivity contribution >= 4 is 21.7 Å². The molecule has 0 amide bonds. The van der Waals surface area contributed by atoms with Gasteiger partial charge < -0.3 is 14.2 Å². The van der Waals surface area contributed by atoms with Crippen LogP contribution in [-0.2, 0) is 14.8 Å². The lowest BCUT2D eigenvalue weighted by Gasteiger charge is -2.06. The van der Waals surface area contributed by atoms with E-state index < -0.39 is 16.0 Å². The summed E-state index contributed by atoms with van der Waals surface area (Å²) in [5, 5.41) is 3.42. The lowest BCUT2D eigenvalue weighted by atomic mass is 10.2. The Morgan fingerprint density at radius 1 is 1.48 bits per heavy atom. The highest BCUT2D eigenvalue weighted by Crippen LogP contribution is 2.25.